The zero-order valence-corrected chi connectivity index (χ0v) is 15.8. The average molecular weight is 406 g/mol. The van der Waals surface area contributed by atoms with Gasteiger partial charge in [0, 0.05) is 10.6 Å². The van der Waals surface area contributed by atoms with Crippen LogP contribution in [0.4, 0.5) is 14.5 Å². The Morgan fingerprint density at radius 2 is 1.93 bits per heavy atom. The van der Waals surface area contributed by atoms with Gasteiger partial charge < -0.3 is 9.73 Å². The van der Waals surface area contributed by atoms with Gasteiger partial charge in [0.1, 0.15) is 17.3 Å². The number of halogens is 3. The summed E-state index contributed by atoms with van der Waals surface area (Å²) in [6.07, 6.45) is 1.59. The summed E-state index contributed by atoms with van der Waals surface area (Å²) in [5.41, 5.74) is 0.338. The fourth-order valence-electron chi connectivity index (χ4n) is 2.63. The van der Waals surface area contributed by atoms with Crippen LogP contribution in [-0.2, 0) is 11.3 Å². The molecule has 1 heterocycles. The van der Waals surface area contributed by atoms with Crippen LogP contribution in [0.25, 0.3) is 11.3 Å². The number of benzene rings is 2. The first-order valence-electron chi connectivity index (χ1n) is 8.63. The molecule has 0 radical (unpaired) electrons. The predicted octanol–water partition coefficient (Wildman–Crippen LogP) is 4.73. The predicted molar refractivity (Wildman–Crippen MR) is 103 cm³/mol. The Hall–Kier alpha value is -2.77. The van der Waals surface area contributed by atoms with Crippen molar-refractivity contribution >= 4 is 23.2 Å². The number of nitrogens with one attached hydrogen (secondary N) is 1. The minimum absolute atomic E-state index is 0.0703. The number of anilines is 1. The Morgan fingerprint density at radius 3 is 2.61 bits per heavy atom. The summed E-state index contributed by atoms with van der Waals surface area (Å²) in [6.45, 7) is 2.57. The van der Waals surface area contributed by atoms with E-state index in [4.69, 9.17) is 16.0 Å². The lowest BCUT2D eigenvalue weighted by molar-refractivity contribution is -0.117. The molecule has 0 saturated heterocycles. The molecule has 0 aliphatic carbocycles. The van der Waals surface area contributed by atoms with Gasteiger partial charge >= 0.3 is 0 Å². The molecule has 0 unspecified atom stereocenters. The summed E-state index contributed by atoms with van der Waals surface area (Å²) < 4.78 is 33.1. The van der Waals surface area contributed by atoms with Gasteiger partial charge in [-0.2, -0.15) is 0 Å². The van der Waals surface area contributed by atoms with Gasteiger partial charge in [0.15, 0.2) is 5.76 Å². The lowest BCUT2D eigenvalue weighted by Crippen LogP contribution is -2.33. The third kappa shape index (κ3) is 4.94. The molecular formula is C20H18ClF2N3O2. The highest BCUT2D eigenvalue weighted by Gasteiger charge is 2.16. The molecule has 3 aromatic rings. The number of hydrogen-bond acceptors (Lipinski definition) is 4. The Labute approximate surface area is 165 Å². The first-order valence-corrected chi connectivity index (χ1v) is 9.01. The Kier molecular flexibility index (Phi) is 6.38. The van der Waals surface area contributed by atoms with Crippen LogP contribution in [0, 0.1) is 11.6 Å². The van der Waals surface area contributed by atoms with Gasteiger partial charge in [0.2, 0.25) is 11.8 Å². The topological polar surface area (TPSA) is 58.4 Å². The second-order valence-corrected chi connectivity index (χ2v) is 6.51. The van der Waals surface area contributed by atoms with Gasteiger partial charge in [0.25, 0.3) is 0 Å². The summed E-state index contributed by atoms with van der Waals surface area (Å²) in [4.78, 5) is 18.2. The Morgan fingerprint density at radius 1 is 1.21 bits per heavy atom. The SMILES string of the molecule is CCN(CC(=O)Nc1c(F)cccc1F)Cc1ncc(-c2cccc(Cl)c2)o1. The summed E-state index contributed by atoms with van der Waals surface area (Å²) >= 11 is 5.99. The van der Waals surface area contributed by atoms with E-state index in [1.165, 1.54) is 6.07 Å². The quantitative estimate of drug-likeness (QED) is 0.617. The Balaban J connectivity index is 1.64. The molecular weight excluding hydrogens is 388 g/mol. The highest BCUT2D eigenvalue weighted by molar-refractivity contribution is 6.30. The van der Waals surface area contributed by atoms with Crippen molar-refractivity contribution in [1.29, 1.82) is 0 Å². The Bertz CT molecular complexity index is 957. The maximum Gasteiger partial charge on any atom is 0.238 e. The third-order valence-electron chi connectivity index (χ3n) is 4.06. The molecule has 0 bridgehead atoms. The largest absolute Gasteiger partial charge is 0.439 e. The molecule has 0 aliphatic heterocycles. The van der Waals surface area contributed by atoms with Crippen molar-refractivity contribution in [1.82, 2.24) is 9.88 Å². The molecule has 1 aromatic heterocycles. The first-order chi connectivity index (χ1) is 13.5. The molecule has 0 fully saturated rings. The second-order valence-electron chi connectivity index (χ2n) is 6.08. The van der Waals surface area contributed by atoms with Crippen molar-refractivity contribution in [2.45, 2.75) is 13.5 Å². The van der Waals surface area contributed by atoms with Crippen LogP contribution in [0.3, 0.4) is 0 Å². The third-order valence-corrected chi connectivity index (χ3v) is 4.30. The van der Waals surface area contributed by atoms with Gasteiger partial charge in [-0.1, -0.05) is 36.7 Å². The van der Waals surface area contributed by atoms with Crippen molar-refractivity contribution in [3.63, 3.8) is 0 Å². The zero-order chi connectivity index (χ0) is 20.1. The number of nitrogens with zero attached hydrogens (tertiary/aromatic N) is 2. The van der Waals surface area contributed by atoms with Crippen molar-refractivity contribution < 1.29 is 18.0 Å². The molecule has 1 N–H and O–H groups in total. The number of rotatable bonds is 7. The van der Waals surface area contributed by atoms with Gasteiger partial charge in [-0.3, -0.25) is 9.69 Å². The van der Waals surface area contributed by atoms with Gasteiger partial charge in [0.05, 0.1) is 19.3 Å². The lowest BCUT2D eigenvalue weighted by Gasteiger charge is -2.18. The van der Waals surface area contributed by atoms with E-state index < -0.39 is 23.2 Å². The summed E-state index contributed by atoms with van der Waals surface area (Å²) in [7, 11) is 0. The molecule has 1 amide bonds. The minimum Gasteiger partial charge on any atom is -0.439 e. The number of amides is 1. The van der Waals surface area contributed by atoms with Crippen molar-refractivity contribution in [2.24, 2.45) is 0 Å². The minimum atomic E-state index is -0.824. The number of hydrogen-bond donors (Lipinski definition) is 1. The molecule has 2 aromatic carbocycles. The summed E-state index contributed by atoms with van der Waals surface area (Å²) in [5.74, 6) is -1.20. The van der Waals surface area contributed by atoms with Crippen LogP contribution in [0.2, 0.25) is 5.02 Å². The highest BCUT2D eigenvalue weighted by Crippen LogP contribution is 2.24. The maximum absolute atomic E-state index is 13.7. The van der Waals surface area contributed by atoms with E-state index in [0.29, 0.717) is 23.2 Å². The monoisotopic (exact) mass is 405 g/mol. The fourth-order valence-corrected chi connectivity index (χ4v) is 2.82. The zero-order valence-electron chi connectivity index (χ0n) is 15.1. The van der Waals surface area contributed by atoms with E-state index in [0.717, 1.165) is 17.7 Å². The van der Waals surface area contributed by atoms with E-state index in [9.17, 15) is 13.6 Å². The smallest absolute Gasteiger partial charge is 0.238 e. The van der Waals surface area contributed by atoms with Crippen LogP contribution in [0.1, 0.15) is 12.8 Å². The molecule has 28 heavy (non-hydrogen) atoms. The molecule has 0 saturated carbocycles. The van der Waals surface area contributed by atoms with Crippen LogP contribution in [-0.4, -0.2) is 28.9 Å². The lowest BCUT2D eigenvalue weighted by atomic mass is 10.2. The maximum atomic E-state index is 13.7. The fraction of sp³-hybridized carbons (Fsp3) is 0.200. The van der Waals surface area contributed by atoms with E-state index in [2.05, 4.69) is 10.3 Å². The summed E-state index contributed by atoms with van der Waals surface area (Å²) in [6, 6.07) is 10.6. The molecule has 8 heteroatoms. The van der Waals surface area contributed by atoms with Crippen molar-refractivity contribution in [3.05, 3.63) is 71.2 Å². The van der Waals surface area contributed by atoms with Gasteiger partial charge in [-0.25, -0.2) is 13.8 Å². The average Bonchev–Trinajstić information content (AvgIpc) is 3.13. The number of carbonyl (C=O) groups is 1. The van der Waals surface area contributed by atoms with Crippen molar-refractivity contribution in [3.8, 4) is 11.3 Å². The highest BCUT2D eigenvalue weighted by atomic mass is 35.5. The van der Waals surface area contributed by atoms with E-state index >= 15 is 0 Å². The number of aromatic nitrogens is 1. The van der Waals surface area contributed by atoms with Crippen LogP contribution < -0.4 is 5.32 Å². The van der Waals surface area contributed by atoms with E-state index in [1.807, 2.05) is 19.1 Å². The van der Waals surface area contributed by atoms with Crippen LogP contribution in [0.15, 0.2) is 53.1 Å². The van der Waals surface area contributed by atoms with Crippen LogP contribution >= 0.6 is 11.6 Å². The van der Waals surface area contributed by atoms with E-state index in [1.54, 1.807) is 23.2 Å². The first kappa shape index (κ1) is 20.0. The molecule has 146 valence electrons. The van der Waals surface area contributed by atoms with E-state index in [-0.39, 0.29) is 13.1 Å². The van der Waals surface area contributed by atoms with Crippen LogP contribution in [0.5, 0.6) is 0 Å². The van der Waals surface area contributed by atoms with Crippen molar-refractivity contribution in [2.75, 3.05) is 18.4 Å². The molecule has 3 rings (SSSR count). The van der Waals surface area contributed by atoms with Gasteiger partial charge in [-0.05, 0) is 30.8 Å². The number of oxazole rings is 1. The molecule has 5 nitrogen and oxygen atoms in total. The molecule has 0 aliphatic rings. The standard InChI is InChI=1S/C20H18ClF2N3O2/c1-2-26(11-18(27)25-20-15(22)7-4-8-16(20)23)12-19-24-10-17(28-19)13-5-3-6-14(21)9-13/h3-10H,2,11-12H2,1H3,(H,25,27). The summed E-state index contributed by atoms with van der Waals surface area (Å²) in [5, 5.41) is 2.86. The normalized spacial score (nSPS) is 11.0. The molecule has 0 spiro atoms. The van der Waals surface area contributed by atoms with Gasteiger partial charge in [-0.15, -0.1) is 0 Å². The number of likely N-dealkylation sites (N-methyl/N-ethyl adjacent to an activating group) is 1. The second kappa shape index (κ2) is 8.95. The molecule has 0 atom stereocenters. The number of para-hydroxylation sites is 1. The number of carbonyl (C=O) groups excluding carboxylic acids is 1.